The molecule has 0 aliphatic rings. The van der Waals surface area contributed by atoms with Crippen molar-refractivity contribution < 1.29 is 4.74 Å². The number of aromatic nitrogens is 4. The van der Waals surface area contributed by atoms with Crippen molar-refractivity contribution in [2.45, 2.75) is 59.5 Å². The van der Waals surface area contributed by atoms with Gasteiger partial charge in [0.15, 0.2) is 5.65 Å². The standard InChI is InChI=1S/C14H22N4O/c1-8(2)11-7-15-18-12(9(3)4)16-14(17-13(11)18)19-10(5)6/h7-10H,1-6H3. The monoisotopic (exact) mass is 262 g/mol. The molecule has 0 N–H and O–H groups in total. The summed E-state index contributed by atoms with van der Waals surface area (Å²) in [6, 6.07) is 0.439. The van der Waals surface area contributed by atoms with E-state index >= 15 is 0 Å². The molecular formula is C14H22N4O. The number of nitrogens with zero attached hydrogens (tertiary/aromatic N) is 4. The van der Waals surface area contributed by atoms with Crippen LogP contribution in [0.3, 0.4) is 0 Å². The van der Waals surface area contributed by atoms with Gasteiger partial charge in [0, 0.05) is 11.5 Å². The third-order valence-corrected chi connectivity index (χ3v) is 2.88. The lowest BCUT2D eigenvalue weighted by Gasteiger charge is -2.12. The van der Waals surface area contributed by atoms with Gasteiger partial charge in [-0.3, -0.25) is 0 Å². The fraction of sp³-hybridized carbons (Fsp3) is 0.643. The first-order chi connectivity index (χ1) is 8.90. The highest BCUT2D eigenvalue weighted by Crippen LogP contribution is 2.23. The molecule has 0 aliphatic carbocycles. The maximum atomic E-state index is 5.65. The summed E-state index contributed by atoms with van der Waals surface area (Å²) in [7, 11) is 0. The van der Waals surface area contributed by atoms with Crippen molar-refractivity contribution in [2.75, 3.05) is 0 Å². The van der Waals surface area contributed by atoms with Crippen molar-refractivity contribution in [1.29, 1.82) is 0 Å². The van der Waals surface area contributed by atoms with Crippen molar-refractivity contribution in [3.63, 3.8) is 0 Å². The Hall–Kier alpha value is -1.65. The molecule has 5 nitrogen and oxygen atoms in total. The van der Waals surface area contributed by atoms with Crippen LogP contribution in [0.4, 0.5) is 0 Å². The Morgan fingerprint density at radius 1 is 1.00 bits per heavy atom. The summed E-state index contributed by atoms with van der Waals surface area (Å²) < 4.78 is 7.48. The minimum Gasteiger partial charge on any atom is -0.461 e. The number of ether oxygens (including phenoxy) is 1. The third kappa shape index (κ3) is 2.69. The second-order valence-electron chi connectivity index (χ2n) is 5.68. The molecule has 0 aliphatic heterocycles. The molecule has 0 spiro atoms. The minimum absolute atomic E-state index is 0.0629. The first-order valence-corrected chi connectivity index (χ1v) is 6.82. The van der Waals surface area contributed by atoms with E-state index in [0.29, 0.717) is 11.9 Å². The summed E-state index contributed by atoms with van der Waals surface area (Å²) in [6.45, 7) is 12.4. The maximum absolute atomic E-state index is 5.65. The molecule has 0 saturated heterocycles. The Morgan fingerprint density at radius 2 is 1.68 bits per heavy atom. The van der Waals surface area contributed by atoms with E-state index in [4.69, 9.17) is 4.74 Å². The molecule has 104 valence electrons. The zero-order valence-corrected chi connectivity index (χ0v) is 12.5. The molecular weight excluding hydrogens is 240 g/mol. The van der Waals surface area contributed by atoms with Gasteiger partial charge in [0.2, 0.25) is 0 Å². The van der Waals surface area contributed by atoms with Crippen LogP contribution in [0.1, 0.15) is 64.8 Å². The summed E-state index contributed by atoms with van der Waals surface area (Å²) in [5, 5.41) is 4.42. The Labute approximate surface area is 114 Å². The van der Waals surface area contributed by atoms with Gasteiger partial charge in [-0.25, -0.2) is 4.52 Å². The molecule has 5 heteroatoms. The molecule has 19 heavy (non-hydrogen) atoms. The second-order valence-corrected chi connectivity index (χ2v) is 5.68. The van der Waals surface area contributed by atoms with Gasteiger partial charge in [-0.2, -0.15) is 15.1 Å². The van der Waals surface area contributed by atoms with E-state index in [0.717, 1.165) is 17.0 Å². The van der Waals surface area contributed by atoms with Crippen LogP contribution in [0.25, 0.3) is 5.65 Å². The highest BCUT2D eigenvalue weighted by molar-refractivity contribution is 5.49. The molecule has 0 saturated carbocycles. The van der Waals surface area contributed by atoms with E-state index in [9.17, 15) is 0 Å². The van der Waals surface area contributed by atoms with Crippen molar-refractivity contribution in [3.8, 4) is 6.01 Å². The average Bonchev–Trinajstić information content (AvgIpc) is 2.70. The quantitative estimate of drug-likeness (QED) is 0.849. The molecule has 0 fully saturated rings. The van der Waals surface area contributed by atoms with Gasteiger partial charge in [-0.15, -0.1) is 0 Å². The van der Waals surface area contributed by atoms with E-state index < -0.39 is 0 Å². The van der Waals surface area contributed by atoms with Gasteiger partial charge < -0.3 is 4.74 Å². The molecule has 0 unspecified atom stereocenters. The van der Waals surface area contributed by atoms with E-state index in [-0.39, 0.29) is 12.0 Å². The van der Waals surface area contributed by atoms with E-state index in [1.165, 1.54) is 0 Å². The molecule has 2 aromatic heterocycles. The molecule has 0 radical (unpaired) electrons. The second kappa shape index (κ2) is 5.15. The predicted octanol–water partition coefficient (Wildman–Crippen LogP) is 3.16. The Balaban J connectivity index is 2.64. The predicted molar refractivity (Wildman–Crippen MR) is 74.7 cm³/mol. The van der Waals surface area contributed by atoms with Crippen LogP contribution in [-0.4, -0.2) is 25.7 Å². The largest absolute Gasteiger partial charge is 0.461 e. The number of fused-ring (bicyclic) bond motifs is 1. The van der Waals surface area contributed by atoms with Gasteiger partial charge in [0.05, 0.1) is 12.3 Å². The lowest BCUT2D eigenvalue weighted by Crippen LogP contribution is -2.13. The van der Waals surface area contributed by atoms with Crippen LogP contribution in [0.15, 0.2) is 6.20 Å². The molecule has 0 bridgehead atoms. The van der Waals surface area contributed by atoms with Crippen LogP contribution >= 0.6 is 0 Å². The van der Waals surface area contributed by atoms with Crippen LogP contribution < -0.4 is 4.74 Å². The molecule has 0 aromatic carbocycles. The van der Waals surface area contributed by atoms with Crippen LogP contribution in [-0.2, 0) is 0 Å². The molecule has 2 rings (SSSR count). The maximum Gasteiger partial charge on any atom is 0.320 e. The van der Waals surface area contributed by atoms with Gasteiger partial charge in [-0.1, -0.05) is 27.7 Å². The molecule has 2 aromatic rings. The summed E-state index contributed by atoms with van der Waals surface area (Å²) in [6.07, 6.45) is 1.94. The van der Waals surface area contributed by atoms with E-state index in [1.807, 2.05) is 24.6 Å². The van der Waals surface area contributed by atoms with Gasteiger partial charge in [-0.05, 0) is 19.8 Å². The van der Waals surface area contributed by atoms with Crippen LogP contribution in [0.2, 0.25) is 0 Å². The van der Waals surface area contributed by atoms with Gasteiger partial charge in [0.25, 0.3) is 0 Å². The Kier molecular flexibility index (Phi) is 3.73. The number of rotatable bonds is 4. The van der Waals surface area contributed by atoms with E-state index in [2.05, 4.69) is 42.8 Å². The summed E-state index contributed by atoms with van der Waals surface area (Å²) >= 11 is 0. The average molecular weight is 262 g/mol. The third-order valence-electron chi connectivity index (χ3n) is 2.88. The smallest absolute Gasteiger partial charge is 0.320 e. The number of hydrogen-bond acceptors (Lipinski definition) is 4. The zero-order chi connectivity index (χ0) is 14.2. The summed E-state index contributed by atoms with van der Waals surface area (Å²) in [5.41, 5.74) is 1.97. The van der Waals surface area contributed by atoms with E-state index in [1.54, 1.807) is 0 Å². The van der Waals surface area contributed by atoms with Crippen LogP contribution in [0, 0.1) is 0 Å². The summed E-state index contributed by atoms with van der Waals surface area (Å²) in [5.74, 6) is 1.52. The minimum atomic E-state index is 0.0629. The summed E-state index contributed by atoms with van der Waals surface area (Å²) in [4.78, 5) is 8.99. The SMILES string of the molecule is CC(C)Oc1nc(C(C)C)n2ncc(C(C)C)c2n1. The first kappa shape index (κ1) is 13.8. The molecule has 0 amide bonds. The topological polar surface area (TPSA) is 52.3 Å². The lowest BCUT2D eigenvalue weighted by atomic mass is 10.1. The van der Waals surface area contributed by atoms with Crippen molar-refractivity contribution in [1.82, 2.24) is 19.6 Å². The highest BCUT2D eigenvalue weighted by Gasteiger charge is 2.17. The number of hydrogen-bond donors (Lipinski definition) is 0. The zero-order valence-electron chi connectivity index (χ0n) is 12.5. The Bertz CT molecular complexity index is 572. The first-order valence-electron chi connectivity index (χ1n) is 6.82. The fourth-order valence-electron chi connectivity index (χ4n) is 1.94. The Morgan fingerprint density at radius 3 is 2.21 bits per heavy atom. The van der Waals surface area contributed by atoms with Crippen molar-refractivity contribution >= 4 is 5.65 Å². The van der Waals surface area contributed by atoms with Crippen molar-refractivity contribution in [2.24, 2.45) is 0 Å². The van der Waals surface area contributed by atoms with Crippen molar-refractivity contribution in [3.05, 3.63) is 17.6 Å². The fourth-order valence-corrected chi connectivity index (χ4v) is 1.94. The molecule has 2 heterocycles. The van der Waals surface area contributed by atoms with Crippen LogP contribution in [0.5, 0.6) is 6.01 Å². The molecule has 0 atom stereocenters. The lowest BCUT2D eigenvalue weighted by molar-refractivity contribution is 0.220. The van der Waals surface area contributed by atoms with Gasteiger partial charge >= 0.3 is 6.01 Å². The highest BCUT2D eigenvalue weighted by atomic mass is 16.5. The van der Waals surface area contributed by atoms with Gasteiger partial charge in [0.1, 0.15) is 5.82 Å². The normalized spacial score (nSPS) is 12.1.